The fourth-order valence-electron chi connectivity index (χ4n) is 3.40. The first kappa shape index (κ1) is 19.4. The standard InChI is InChI=1S/C21H21FO5S/c22-15-6-5-12(20-21(27-20)19(26)18(25)16(24)10-23)7-13(15)9-14-8-11-3-1-2-4-17(11)28-14/h1-8,16,18-21,23-26H,9-10H2. The van der Waals surface area contributed by atoms with Crippen molar-refractivity contribution < 1.29 is 29.6 Å². The first-order valence-electron chi connectivity index (χ1n) is 9.04. The van der Waals surface area contributed by atoms with Gasteiger partial charge in [-0.1, -0.05) is 24.3 Å². The van der Waals surface area contributed by atoms with Crippen LogP contribution in [0.3, 0.4) is 0 Å². The lowest BCUT2D eigenvalue weighted by Crippen LogP contribution is -2.42. The summed E-state index contributed by atoms with van der Waals surface area (Å²) in [5.74, 6) is -0.310. The maximum atomic E-state index is 14.3. The Morgan fingerprint density at radius 3 is 2.61 bits per heavy atom. The molecule has 2 heterocycles. The Hall–Kier alpha value is -1.87. The molecule has 5 unspecified atom stereocenters. The minimum absolute atomic E-state index is 0.310. The first-order chi connectivity index (χ1) is 13.5. The Kier molecular flexibility index (Phi) is 5.46. The van der Waals surface area contributed by atoms with Gasteiger partial charge >= 0.3 is 0 Å². The summed E-state index contributed by atoms with van der Waals surface area (Å²) in [5.41, 5.74) is 1.23. The number of benzene rings is 2. The summed E-state index contributed by atoms with van der Waals surface area (Å²) in [4.78, 5) is 1.05. The van der Waals surface area contributed by atoms with Gasteiger partial charge in [-0.3, -0.25) is 0 Å². The highest BCUT2D eigenvalue weighted by Crippen LogP contribution is 2.42. The van der Waals surface area contributed by atoms with Crippen molar-refractivity contribution in [2.75, 3.05) is 6.61 Å². The number of ether oxygens (including phenoxy) is 1. The third-order valence-electron chi connectivity index (χ3n) is 5.03. The minimum atomic E-state index is -1.52. The summed E-state index contributed by atoms with van der Waals surface area (Å²) in [6.45, 7) is -0.661. The predicted octanol–water partition coefficient (Wildman–Crippen LogP) is 2.15. The average Bonchev–Trinajstić information content (AvgIpc) is 3.40. The number of epoxide rings is 1. The molecule has 5 nitrogen and oxygen atoms in total. The molecule has 5 atom stereocenters. The molecule has 1 aliphatic heterocycles. The third-order valence-corrected chi connectivity index (χ3v) is 6.15. The zero-order valence-corrected chi connectivity index (χ0v) is 15.7. The molecule has 4 N–H and O–H groups in total. The smallest absolute Gasteiger partial charge is 0.126 e. The lowest BCUT2D eigenvalue weighted by Gasteiger charge is -2.20. The van der Waals surface area contributed by atoms with Crippen molar-refractivity contribution in [3.8, 4) is 0 Å². The van der Waals surface area contributed by atoms with Crippen LogP contribution in [0.1, 0.15) is 22.1 Å². The summed E-state index contributed by atoms with van der Waals surface area (Å²) in [5, 5.41) is 39.4. The van der Waals surface area contributed by atoms with Crippen molar-refractivity contribution in [1.29, 1.82) is 0 Å². The number of aliphatic hydroxyl groups is 4. The van der Waals surface area contributed by atoms with E-state index in [1.807, 2.05) is 24.3 Å². The second kappa shape index (κ2) is 7.87. The van der Waals surface area contributed by atoms with Crippen molar-refractivity contribution in [3.63, 3.8) is 0 Å². The molecule has 0 aliphatic carbocycles. The van der Waals surface area contributed by atoms with Gasteiger partial charge in [0, 0.05) is 16.0 Å². The van der Waals surface area contributed by atoms with Crippen LogP contribution in [0, 0.1) is 5.82 Å². The maximum Gasteiger partial charge on any atom is 0.126 e. The Morgan fingerprint density at radius 1 is 1.07 bits per heavy atom. The van der Waals surface area contributed by atoms with E-state index in [1.165, 1.54) is 6.07 Å². The van der Waals surface area contributed by atoms with Gasteiger partial charge in [0.1, 0.15) is 36.3 Å². The summed E-state index contributed by atoms with van der Waals surface area (Å²) < 4.78 is 20.9. The van der Waals surface area contributed by atoms with Crippen LogP contribution < -0.4 is 0 Å². The van der Waals surface area contributed by atoms with E-state index in [-0.39, 0.29) is 5.82 Å². The first-order valence-corrected chi connectivity index (χ1v) is 9.86. The van der Waals surface area contributed by atoms with Crippen molar-refractivity contribution in [2.24, 2.45) is 0 Å². The Morgan fingerprint density at radius 2 is 1.86 bits per heavy atom. The molecule has 148 valence electrons. The fraction of sp³-hybridized carbons (Fsp3) is 0.333. The molecule has 0 amide bonds. The topological polar surface area (TPSA) is 93.5 Å². The van der Waals surface area contributed by atoms with E-state index < -0.39 is 37.1 Å². The number of thiophene rings is 1. The van der Waals surface area contributed by atoms with Crippen molar-refractivity contribution in [1.82, 2.24) is 0 Å². The van der Waals surface area contributed by atoms with Gasteiger partial charge < -0.3 is 25.2 Å². The Bertz CT molecular complexity index is 941. The average molecular weight is 404 g/mol. The van der Waals surface area contributed by atoms with Crippen LogP contribution in [0.5, 0.6) is 0 Å². The second-order valence-electron chi connectivity index (χ2n) is 7.03. The monoisotopic (exact) mass is 404 g/mol. The molecule has 1 fully saturated rings. The van der Waals surface area contributed by atoms with Gasteiger partial charge in [0.2, 0.25) is 0 Å². The summed E-state index contributed by atoms with van der Waals surface area (Å²) in [7, 11) is 0. The van der Waals surface area contributed by atoms with E-state index in [0.29, 0.717) is 17.5 Å². The molecule has 1 aliphatic rings. The third kappa shape index (κ3) is 3.82. The van der Waals surface area contributed by atoms with Crippen LogP contribution in [0.25, 0.3) is 10.1 Å². The van der Waals surface area contributed by atoms with E-state index in [9.17, 15) is 19.7 Å². The van der Waals surface area contributed by atoms with E-state index in [4.69, 9.17) is 9.84 Å². The van der Waals surface area contributed by atoms with Crippen LogP contribution in [0.15, 0.2) is 48.5 Å². The van der Waals surface area contributed by atoms with Crippen LogP contribution in [0.2, 0.25) is 0 Å². The van der Waals surface area contributed by atoms with Crippen molar-refractivity contribution in [2.45, 2.75) is 36.9 Å². The molecular weight excluding hydrogens is 383 g/mol. The summed E-state index contributed by atoms with van der Waals surface area (Å²) in [6, 6.07) is 14.7. The normalized spacial score (nSPS) is 22.2. The van der Waals surface area contributed by atoms with E-state index in [1.54, 1.807) is 23.5 Å². The lowest BCUT2D eigenvalue weighted by molar-refractivity contribution is -0.0831. The quantitative estimate of drug-likeness (QED) is 0.453. The van der Waals surface area contributed by atoms with Crippen LogP contribution >= 0.6 is 11.3 Å². The highest BCUT2D eigenvalue weighted by atomic mass is 32.1. The molecule has 28 heavy (non-hydrogen) atoms. The number of aliphatic hydroxyl groups excluding tert-OH is 4. The molecular formula is C21H21FO5S. The molecule has 2 aromatic carbocycles. The van der Waals surface area contributed by atoms with Crippen molar-refractivity contribution >= 4 is 21.4 Å². The molecule has 4 rings (SSSR count). The highest BCUT2D eigenvalue weighted by molar-refractivity contribution is 7.19. The number of hydrogen-bond donors (Lipinski definition) is 4. The van der Waals surface area contributed by atoms with Crippen molar-refractivity contribution in [3.05, 3.63) is 70.4 Å². The Labute approximate surface area is 165 Å². The van der Waals surface area contributed by atoms with Gasteiger partial charge in [-0.25, -0.2) is 4.39 Å². The largest absolute Gasteiger partial charge is 0.394 e. The molecule has 0 saturated carbocycles. The molecule has 1 saturated heterocycles. The maximum absolute atomic E-state index is 14.3. The van der Waals surface area contributed by atoms with Gasteiger partial charge in [0.15, 0.2) is 0 Å². The number of rotatable bonds is 7. The molecule has 0 bridgehead atoms. The van der Waals surface area contributed by atoms with Gasteiger partial charge in [-0.05, 0) is 40.8 Å². The lowest BCUT2D eigenvalue weighted by atomic mass is 9.98. The molecule has 1 aromatic heterocycles. The van der Waals surface area contributed by atoms with E-state index >= 15 is 0 Å². The second-order valence-corrected chi connectivity index (χ2v) is 8.20. The summed E-state index contributed by atoms with van der Waals surface area (Å²) >= 11 is 1.62. The SMILES string of the molecule is OCC(O)C(O)C(O)C1OC1c1ccc(F)c(Cc2cc3ccccc3s2)c1. The molecule has 3 aromatic rings. The van der Waals surface area contributed by atoms with Gasteiger partial charge in [-0.2, -0.15) is 0 Å². The molecule has 7 heteroatoms. The summed E-state index contributed by atoms with van der Waals surface area (Å²) in [6.07, 6.45) is -5.06. The molecule has 0 radical (unpaired) electrons. The number of halogens is 1. The highest BCUT2D eigenvalue weighted by Gasteiger charge is 2.49. The zero-order valence-electron chi connectivity index (χ0n) is 14.9. The van der Waals surface area contributed by atoms with E-state index in [2.05, 4.69) is 6.07 Å². The van der Waals surface area contributed by atoms with Gasteiger partial charge in [0.25, 0.3) is 0 Å². The number of fused-ring (bicyclic) bond motifs is 1. The zero-order chi connectivity index (χ0) is 19.8. The van der Waals surface area contributed by atoms with Crippen LogP contribution in [-0.4, -0.2) is 51.4 Å². The van der Waals surface area contributed by atoms with Crippen LogP contribution in [-0.2, 0) is 11.2 Å². The van der Waals surface area contributed by atoms with Gasteiger partial charge in [-0.15, -0.1) is 11.3 Å². The number of hydrogen-bond acceptors (Lipinski definition) is 6. The minimum Gasteiger partial charge on any atom is -0.394 e. The van der Waals surface area contributed by atoms with Gasteiger partial charge in [0.05, 0.1) is 6.61 Å². The molecule has 0 spiro atoms. The van der Waals surface area contributed by atoms with E-state index in [0.717, 1.165) is 15.0 Å². The fourth-order valence-corrected chi connectivity index (χ4v) is 4.49. The van der Waals surface area contributed by atoms with Crippen LogP contribution in [0.4, 0.5) is 4.39 Å². The Balaban J connectivity index is 1.50. The predicted molar refractivity (Wildman–Crippen MR) is 104 cm³/mol.